The number of sulfonamides is 1. The van der Waals surface area contributed by atoms with E-state index in [9.17, 15) is 23.6 Å². The predicted molar refractivity (Wildman–Crippen MR) is 116 cm³/mol. The third-order valence-electron chi connectivity index (χ3n) is 4.31. The van der Waals surface area contributed by atoms with E-state index in [-0.39, 0.29) is 16.3 Å². The predicted octanol–water partition coefficient (Wildman–Crippen LogP) is 4.06. The highest BCUT2D eigenvalue weighted by molar-refractivity contribution is 9.11. The maximum atomic E-state index is 12.6. The fraction of sp³-hybridized carbons (Fsp3) is 0.235. The Bertz CT molecular complexity index is 1060. The van der Waals surface area contributed by atoms with Crippen LogP contribution >= 0.6 is 31.9 Å². The van der Waals surface area contributed by atoms with E-state index in [0.29, 0.717) is 27.6 Å². The van der Waals surface area contributed by atoms with Crippen LogP contribution in [0.15, 0.2) is 49.3 Å². The minimum Gasteiger partial charge on any atom is -0.506 e. The number of hydrazone groups is 1. The van der Waals surface area contributed by atoms with Crippen LogP contribution in [0.5, 0.6) is 5.75 Å². The maximum Gasteiger partial charge on any atom is 0.295 e. The van der Waals surface area contributed by atoms with Crippen molar-refractivity contribution in [1.82, 2.24) is 4.31 Å². The average molecular weight is 548 g/mol. The summed E-state index contributed by atoms with van der Waals surface area (Å²) < 4.78 is 27.5. The van der Waals surface area contributed by atoms with Crippen LogP contribution in [-0.2, 0) is 10.0 Å². The maximum absolute atomic E-state index is 12.6. The molecule has 154 valence electrons. The number of hydrogen-bond donors (Lipinski definition) is 2. The molecule has 1 aliphatic heterocycles. The molecule has 0 radical (unpaired) electrons. The van der Waals surface area contributed by atoms with Gasteiger partial charge in [0.2, 0.25) is 10.0 Å². The van der Waals surface area contributed by atoms with Crippen LogP contribution in [0.1, 0.15) is 18.4 Å². The van der Waals surface area contributed by atoms with Gasteiger partial charge in [-0.05, 0) is 74.5 Å². The van der Waals surface area contributed by atoms with Crippen molar-refractivity contribution in [2.24, 2.45) is 5.10 Å². The monoisotopic (exact) mass is 546 g/mol. The molecule has 12 heteroatoms. The first-order valence-electron chi connectivity index (χ1n) is 8.46. The van der Waals surface area contributed by atoms with Gasteiger partial charge in [0.25, 0.3) is 5.69 Å². The fourth-order valence-corrected chi connectivity index (χ4v) is 5.59. The summed E-state index contributed by atoms with van der Waals surface area (Å²) in [5.74, 6) is 0.0422. The number of benzene rings is 2. The van der Waals surface area contributed by atoms with Crippen molar-refractivity contribution < 1.29 is 18.4 Å². The average Bonchev–Trinajstić information content (AvgIpc) is 3.21. The van der Waals surface area contributed by atoms with Crippen molar-refractivity contribution in [3.63, 3.8) is 0 Å². The molecular weight excluding hydrogens is 532 g/mol. The summed E-state index contributed by atoms with van der Waals surface area (Å²) in [6, 6.07) is 6.92. The Hall–Kier alpha value is -2.02. The van der Waals surface area contributed by atoms with Crippen molar-refractivity contribution in [3.8, 4) is 5.75 Å². The lowest BCUT2D eigenvalue weighted by Crippen LogP contribution is -2.27. The molecule has 0 amide bonds. The van der Waals surface area contributed by atoms with E-state index in [4.69, 9.17) is 0 Å². The van der Waals surface area contributed by atoms with E-state index in [1.807, 2.05) is 0 Å². The first-order valence-corrected chi connectivity index (χ1v) is 11.5. The van der Waals surface area contributed by atoms with Gasteiger partial charge < -0.3 is 5.11 Å². The largest absolute Gasteiger partial charge is 0.506 e. The molecule has 9 nitrogen and oxygen atoms in total. The number of halogens is 2. The zero-order chi connectivity index (χ0) is 21.2. The summed E-state index contributed by atoms with van der Waals surface area (Å²) in [5.41, 5.74) is 2.85. The number of nitrogens with zero attached hydrogens (tertiary/aromatic N) is 3. The van der Waals surface area contributed by atoms with Crippen LogP contribution < -0.4 is 5.43 Å². The second kappa shape index (κ2) is 8.78. The second-order valence-electron chi connectivity index (χ2n) is 6.25. The highest BCUT2D eigenvalue weighted by Crippen LogP contribution is 2.33. The van der Waals surface area contributed by atoms with E-state index >= 15 is 0 Å². The van der Waals surface area contributed by atoms with Gasteiger partial charge in [0, 0.05) is 19.2 Å². The smallest absolute Gasteiger partial charge is 0.295 e. The lowest BCUT2D eigenvalue weighted by Gasteiger charge is -2.15. The summed E-state index contributed by atoms with van der Waals surface area (Å²) in [4.78, 5) is 10.7. The van der Waals surface area contributed by atoms with Crippen LogP contribution in [-0.4, -0.2) is 42.1 Å². The van der Waals surface area contributed by atoms with E-state index in [2.05, 4.69) is 42.4 Å². The van der Waals surface area contributed by atoms with Crippen LogP contribution in [0.3, 0.4) is 0 Å². The van der Waals surface area contributed by atoms with Crippen molar-refractivity contribution in [1.29, 1.82) is 0 Å². The van der Waals surface area contributed by atoms with Gasteiger partial charge in [-0.25, -0.2) is 8.42 Å². The summed E-state index contributed by atoms with van der Waals surface area (Å²) in [6.07, 6.45) is 2.96. The minimum absolute atomic E-state index is 0.0422. The van der Waals surface area contributed by atoms with Gasteiger partial charge in [0.1, 0.15) is 11.4 Å². The zero-order valence-corrected chi connectivity index (χ0v) is 18.9. The van der Waals surface area contributed by atoms with Crippen molar-refractivity contribution in [3.05, 3.63) is 55.0 Å². The lowest BCUT2D eigenvalue weighted by atomic mass is 10.2. The van der Waals surface area contributed by atoms with E-state index in [1.165, 1.54) is 22.7 Å². The molecule has 0 bridgehead atoms. The lowest BCUT2D eigenvalue weighted by molar-refractivity contribution is -0.384. The van der Waals surface area contributed by atoms with Crippen molar-refractivity contribution in [2.45, 2.75) is 17.7 Å². The number of phenolic OH excluding ortho intramolecular Hbond substituents is 1. The highest BCUT2D eigenvalue weighted by Gasteiger charge is 2.29. The Kier molecular flexibility index (Phi) is 6.56. The van der Waals surface area contributed by atoms with Gasteiger partial charge in [-0.15, -0.1) is 0 Å². The second-order valence-corrected chi connectivity index (χ2v) is 9.90. The molecule has 1 saturated heterocycles. The van der Waals surface area contributed by atoms with Gasteiger partial charge in [-0.2, -0.15) is 9.41 Å². The van der Waals surface area contributed by atoms with Crippen molar-refractivity contribution >= 4 is 59.5 Å². The standard InChI is InChI=1S/C17H16Br2N4O5S/c18-13-7-11(8-14(19)17(13)24)10-20-21-15-4-3-12(9-16(15)23(25)26)29(27,28)22-5-1-2-6-22/h3-4,7-10,21,24H,1-2,5-6H2/b20-10-. The molecule has 29 heavy (non-hydrogen) atoms. The number of nitro groups is 1. The fourth-order valence-electron chi connectivity index (χ4n) is 2.83. The quantitative estimate of drug-likeness (QED) is 0.319. The minimum atomic E-state index is -3.76. The van der Waals surface area contributed by atoms with Crippen LogP contribution in [0.25, 0.3) is 0 Å². The van der Waals surface area contributed by atoms with Gasteiger partial charge in [0.15, 0.2) is 0 Å². The summed E-state index contributed by atoms with van der Waals surface area (Å²) >= 11 is 6.41. The molecule has 0 spiro atoms. The number of hydrogen-bond acceptors (Lipinski definition) is 7. The Morgan fingerprint density at radius 3 is 2.38 bits per heavy atom. The molecule has 0 atom stereocenters. The molecule has 2 aromatic carbocycles. The zero-order valence-electron chi connectivity index (χ0n) is 14.9. The molecule has 0 aliphatic carbocycles. The van der Waals surface area contributed by atoms with Crippen LogP contribution in [0, 0.1) is 10.1 Å². The molecule has 0 saturated carbocycles. The van der Waals surface area contributed by atoms with Crippen LogP contribution in [0.4, 0.5) is 11.4 Å². The third kappa shape index (κ3) is 4.77. The Labute approximate surface area is 183 Å². The number of nitrogens with one attached hydrogen (secondary N) is 1. The van der Waals surface area contributed by atoms with Gasteiger partial charge in [-0.1, -0.05) is 0 Å². The number of nitro benzene ring substituents is 1. The molecule has 1 aliphatic rings. The number of rotatable bonds is 6. The Balaban J connectivity index is 1.85. The summed E-state index contributed by atoms with van der Waals surface area (Å²) in [7, 11) is -3.76. The van der Waals surface area contributed by atoms with E-state index in [0.717, 1.165) is 18.9 Å². The van der Waals surface area contributed by atoms with Gasteiger partial charge in [0.05, 0.1) is 25.0 Å². The summed E-state index contributed by atoms with van der Waals surface area (Å²) in [5, 5.41) is 25.1. The molecule has 0 aromatic heterocycles. The number of phenols is 1. The Morgan fingerprint density at radius 2 is 1.79 bits per heavy atom. The first-order chi connectivity index (χ1) is 13.7. The number of anilines is 1. The molecule has 3 rings (SSSR count). The number of aromatic hydroxyl groups is 1. The van der Waals surface area contributed by atoms with Gasteiger partial charge >= 0.3 is 0 Å². The van der Waals surface area contributed by atoms with E-state index < -0.39 is 20.6 Å². The highest BCUT2D eigenvalue weighted by atomic mass is 79.9. The third-order valence-corrected chi connectivity index (χ3v) is 7.41. The van der Waals surface area contributed by atoms with Gasteiger partial charge in [-0.3, -0.25) is 15.5 Å². The first kappa shape index (κ1) is 21.7. The topological polar surface area (TPSA) is 125 Å². The Morgan fingerprint density at radius 1 is 1.17 bits per heavy atom. The van der Waals surface area contributed by atoms with Crippen LogP contribution in [0.2, 0.25) is 0 Å². The molecule has 1 fully saturated rings. The SMILES string of the molecule is O=[N+]([O-])c1cc(S(=O)(=O)N2CCCC2)ccc1N/N=C\c1cc(Br)c(O)c(Br)c1. The molecular formula is C17H16Br2N4O5S. The molecule has 0 unspecified atom stereocenters. The van der Waals surface area contributed by atoms with Crippen molar-refractivity contribution in [2.75, 3.05) is 18.5 Å². The normalized spacial score (nSPS) is 15.1. The molecule has 2 aromatic rings. The van der Waals surface area contributed by atoms with E-state index in [1.54, 1.807) is 12.1 Å². The summed E-state index contributed by atoms with van der Waals surface area (Å²) in [6.45, 7) is 0.830. The molecule has 2 N–H and O–H groups in total. The molecule has 1 heterocycles.